The van der Waals surface area contributed by atoms with Gasteiger partial charge in [0.1, 0.15) is 5.82 Å². The average molecular weight is 382 g/mol. The highest BCUT2D eigenvalue weighted by Crippen LogP contribution is 2.22. The molecule has 130 valence electrons. The van der Waals surface area contributed by atoms with E-state index in [9.17, 15) is 14.0 Å². The molecular formula is C18H14Cl2FNO3. The van der Waals surface area contributed by atoms with Gasteiger partial charge in [-0.05, 0) is 48.4 Å². The number of carbonyl (C=O) groups excluding carboxylic acids is 2. The van der Waals surface area contributed by atoms with E-state index in [0.29, 0.717) is 15.6 Å². The highest BCUT2D eigenvalue weighted by Gasteiger charge is 2.09. The molecule has 0 atom stereocenters. The number of aryl methyl sites for hydroxylation is 1. The van der Waals surface area contributed by atoms with E-state index < -0.39 is 24.3 Å². The quantitative estimate of drug-likeness (QED) is 0.606. The second kappa shape index (κ2) is 8.65. The molecule has 0 spiro atoms. The maximum absolute atomic E-state index is 13.6. The molecule has 7 heteroatoms. The van der Waals surface area contributed by atoms with Crippen LogP contribution in [0.25, 0.3) is 6.08 Å². The summed E-state index contributed by atoms with van der Waals surface area (Å²) in [5.41, 5.74) is 1.33. The Kier molecular flexibility index (Phi) is 6.56. The molecule has 1 N–H and O–H groups in total. The SMILES string of the molecule is Cc1ccc(NC(=O)COC(=O)/C=C/c2ccc(Cl)cc2Cl)c(F)c1. The van der Waals surface area contributed by atoms with Crippen molar-refractivity contribution in [1.82, 2.24) is 0 Å². The molecule has 0 aromatic heterocycles. The largest absolute Gasteiger partial charge is 0.452 e. The first kappa shape index (κ1) is 19.0. The van der Waals surface area contributed by atoms with E-state index in [1.807, 2.05) is 0 Å². The Bertz CT molecular complexity index is 837. The number of halogens is 3. The summed E-state index contributed by atoms with van der Waals surface area (Å²) in [6, 6.07) is 9.19. The molecule has 25 heavy (non-hydrogen) atoms. The Labute approximate surface area is 154 Å². The molecule has 0 saturated carbocycles. The minimum absolute atomic E-state index is 0.0233. The van der Waals surface area contributed by atoms with Gasteiger partial charge in [0.2, 0.25) is 0 Å². The van der Waals surface area contributed by atoms with Gasteiger partial charge in [-0.25, -0.2) is 9.18 Å². The molecule has 0 saturated heterocycles. The van der Waals surface area contributed by atoms with E-state index in [1.54, 1.807) is 25.1 Å². The lowest BCUT2D eigenvalue weighted by Crippen LogP contribution is -2.20. The highest BCUT2D eigenvalue weighted by molar-refractivity contribution is 6.35. The van der Waals surface area contributed by atoms with Gasteiger partial charge in [0, 0.05) is 16.1 Å². The molecule has 4 nitrogen and oxygen atoms in total. The van der Waals surface area contributed by atoms with Crippen LogP contribution in [0.5, 0.6) is 0 Å². The highest BCUT2D eigenvalue weighted by atomic mass is 35.5. The fourth-order valence-corrected chi connectivity index (χ4v) is 2.36. The van der Waals surface area contributed by atoms with E-state index in [2.05, 4.69) is 5.32 Å². The Morgan fingerprint density at radius 2 is 1.96 bits per heavy atom. The van der Waals surface area contributed by atoms with Crippen molar-refractivity contribution >= 4 is 46.8 Å². The fourth-order valence-electron chi connectivity index (χ4n) is 1.89. The maximum Gasteiger partial charge on any atom is 0.331 e. The first-order valence-corrected chi connectivity index (χ1v) is 7.96. The van der Waals surface area contributed by atoms with Crippen LogP contribution < -0.4 is 5.32 Å². The Balaban J connectivity index is 1.86. The topological polar surface area (TPSA) is 55.4 Å². The number of ether oxygens (including phenoxy) is 1. The summed E-state index contributed by atoms with van der Waals surface area (Å²) in [7, 11) is 0. The van der Waals surface area contributed by atoms with Crippen molar-refractivity contribution in [2.45, 2.75) is 6.92 Å². The van der Waals surface area contributed by atoms with Gasteiger partial charge in [0.15, 0.2) is 6.61 Å². The Morgan fingerprint density at radius 3 is 2.64 bits per heavy atom. The molecule has 0 aliphatic carbocycles. The van der Waals surface area contributed by atoms with Gasteiger partial charge < -0.3 is 10.1 Å². The van der Waals surface area contributed by atoms with Crippen molar-refractivity contribution in [3.63, 3.8) is 0 Å². The molecule has 0 heterocycles. The lowest BCUT2D eigenvalue weighted by atomic mass is 10.2. The zero-order valence-corrected chi connectivity index (χ0v) is 14.7. The monoisotopic (exact) mass is 381 g/mol. The minimum Gasteiger partial charge on any atom is -0.452 e. The van der Waals surface area contributed by atoms with Gasteiger partial charge in [0.05, 0.1) is 5.69 Å². The van der Waals surface area contributed by atoms with Crippen LogP contribution in [0.4, 0.5) is 10.1 Å². The van der Waals surface area contributed by atoms with Crippen molar-refractivity contribution in [3.8, 4) is 0 Å². The molecule has 0 bridgehead atoms. The molecule has 2 aromatic rings. The van der Waals surface area contributed by atoms with Crippen molar-refractivity contribution in [3.05, 3.63) is 69.5 Å². The second-order valence-corrected chi connectivity index (χ2v) is 5.98. The third-order valence-electron chi connectivity index (χ3n) is 3.11. The van der Waals surface area contributed by atoms with Gasteiger partial charge >= 0.3 is 5.97 Å². The van der Waals surface area contributed by atoms with Crippen molar-refractivity contribution in [2.75, 3.05) is 11.9 Å². The van der Waals surface area contributed by atoms with Gasteiger partial charge in [-0.15, -0.1) is 0 Å². The van der Waals surface area contributed by atoms with Crippen LogP contribution in [0.1, 0.15) is 11.1 Å². The fraction of sp³-hybridized carbons (Fsp3) is 0.111. The zero-order chi connectivity index (χ0) is 18.4. The summed E-state index contributed by atoms with van der Waals surface area (Å²) in [4.78, 5) is 23.3. The lowest BCUT2D eigenvalue weighted by Gasteiger charge is -2.07. The van der Waals surface area contributed by atoms with Gasteiger partial charge in [0.25, 0.3) is 5.91 Å². The molecule has 0 aliphatic rings. The Hall–Kier alpha value is -2.37. The number of benzene rings is 2. The summed E-state index contributed by atoms with van der Waals surface area (Å²) in [5.74, 6) is -1.93. The van der Waals surface area contributed by atoms with E-state index in [0.717, 1.165) is 11.6 Å². The summed E-state index contributed by atoms with van der Waals surface area (Å²) < 4.78 is 18.4. The summed E-state index contributed by atoms with van der Waals surface area (Å²) in [5, 5.41) is 3.19. The van der Waals surface area contributed by atoms with Crippen LogP contribution in [-0.4, -0.2) is 18.5 Å². The number of esters is 1. The molecule has 0 aliphatic heterocycles. The average Bonchev–Trinajstić information content (AvgIpc) is 2.55. The van der Waals surface area contributed by atoms with Gasteiger partial charge in [-0.1, -0.05) is 35.3 Å². The first-order chi connectivity index (χ1) is 11.8. The number of anilines is 1. The number of hydrogen-bond acceptors (Lipinski definition) is 3. The van der Waals surface area contributed by atoms with Crippen LogP contribution >= 0.6 is 23.2 Å². The van der Waals surface area contributed by atoms with Gasteiger partial charge in [-0.2, -0.15) is 0 Å². The van der Waals surface area contributed by atoms with E-state index >= 15 is 0 Å². The van der Waals surface area contributed by atoms with Crippen molar-refractivity contribution in [1.29, 1.82) is 0 Å². The van der Waals surface area contributed by atoms with Crippen LogP contribution in [0, 0.1) is 12.7 Å². The number of carbonyl (C=O) groups is 2. The van der Waals surface area contributed by atoms with E-state index in [1.165, 1.54) is 24.3 Å². The smallest absolute Gasteiger partial charge is 0.331 e. The van der Waals surface area contributed by atoms with Crippen molar-refractivity contribution < 1.29 is 18.7 Å². The number of hydrogen-bond donors (Lipinski definition) is 1. The minimum atomic E-state index is -0.731. The maximum atomic E-state index is 13.6. The van der Waals surface area contributed by atoms with E-state index in [-0.39, 0.29) is 5.69 Å². The van der Waals surface area contributed by atoms with Crippen LogP contribution in [-0.2, 0) is 14.3 Å². The molecule has 0 fully saturated rings. The van der Waals surface area contributed by atoms with Crippen LogP contribution in [0.15, 0.2) is 42.5 Å². The standard InChI is InChI=1S/C18H14Cl2FNO3/c1-11-2-6-16(15(21)8-11)22-17(23)10-25-18(24)7-4-12-3-5-13(19)9-14(12)20/h2-9H,10H2,1H3,(H,22,23)/b7-4+. The summed E-state index contributed by atoms with van der Waals surface area (Å²) in [6.07, 6.45) is 2.58. The van der Waals surface area contributed by atoms with Crippen LogP contribution in [0.2, 0.25) is 10.0 Å². The number of amides is 1. The van der Waals surface area contributed by atoms with Gasteiger partial charge in [-0.3, -0.25) is 4.79 Å². The summed E-state index contributed by atoms with van der Waals surface area (Å²) >= 11 is 11.7. The predicted molar refractivity (Wildman–Crippen MR) is 96.2 cm³/mol. The molecule has 0 unspecified atom stereocenters. The van der Waals surface area contributed by atoms with Crippen LogP contribution in [0.3, 0.4) is 0 Å². The number of rotatable bonds is 5. The second-order valence-electron chi connectivity index (χ2n) is 5.14. The third-order valence-corrected chi connectivity index (χ3v) is 3.67. The molecule has 0 radical (unpaired) electrons. The molecule has 2 aromatic carbocycles. The normalized spacial score (nSPS) is 10.7. The predicted octanol–water partition coefficient (Wildman–Crippen LogP) is 4.64. The van der Waals surface area contributed by atoms with E-state index in [4.69, 9.17) is 27.9 Å². The third kappa shape index (κ3) is 5.89. The first-order valence-electron chi connectivity index (χ1n) is 7.21. The molecular weight excluding hydrogens is 368 g/mol. The Morgan fingerprint density at radius 1 is 1.20 bits per heavy atom. The number of nitrogens with one attached hydrogen (secondary N) is 1. The van der Waals surface area contributed by atoms with Crippen molar-refractivity contribution in [2.24, 2.45) is 0 Å². The summed E-state index contributed by atoms with van der Waals surface area (Å²) in [6.45, 7) is 1.20. The molecule has 1 amide bonds. The molecule has 2 rings (SSSR count). The zero-order valence-electron chi connectivity index (χ0n) is 13.2. The lowest BCUT2D eigenvalue weighted by molar-refractivity contribution is -0.142.